The number of nitrogens with zero attached hydrogens (tertiary/aromatic N) is 1. The number of anilines is 1. The lowest BCUT2D eigenvalue weighted by molar-refractivity contribution is 0.0601. The summed E-state index contributed by atoms with van der Waals surface area (Å²) in [6, 6.07) is 5.14. The van der Waals surface area contributed by atoms with E-state index in [1.54, 1.807) is 24.4 Å². The Morgan fingerprint density at radius 2 is 2.09 bits per heavy atom. The van der Waals surface area contributed by atoms with E-state index in [0.717, 1.165) is 31.2 Å². The summed E-state index contributed by atoms with van der Waals surface area (Å²) in [7, 11) is 1.36. The van der Waals surface area contributed by atoms with Gasteiger partial charge in [0.05, 0.1) is 12.7 Å². The number of ether oxygens (including phenoxy) is 1. The van der Waals surface area contributed by atoms with Crippen LogP contribution in [0.25, 0.3) is 0 Å². The van der Waals surface area contributed by atoms with E-state index < -0.39 is 5.97 Å². The Balaban J connectivity index is 1.94. The minimum Gasteiger partial charge on any atom is -0.465 e. The van der Waals surface area contributed by atoms with E-state index in [2.05, 4.69) is 10.3 Å². The van der Waals surface area contributed by atoms with Crippen molar-refractivity contribution in [2.45, 2.75) is 25.7 Å². The average Bonchev–Trinajstić information content (AvgIpc) is 2.92. The van der Waals surface area contributed by atoms with E-state index in [1.165, 1.54) is 23.3 Å². The molecule has 6 heteroatoms. The Morgan fingerprint density at radius 3 is 2.82 bits per heavy atom. The molecule has 1 aliphatic rings. The molecule has 2 heterocycles. The largest absolute Gasteiger partial charge is 0.465 e. The van der Waals surface area contributed by atoms with Gasteiger partial charge in [-0.2, -0.15) is 0 Å². The molecule has 0 radical (unpaired) electrons. The second-order valence-electron chi connectivity index (χ2n) is 5.08. The van der Waals surface area contributed by atoms with Gasteiger partial charge in [0, 0.05) is 11.1 Å². The fourth-order valence-electron chi connectivity index (χ4n) is 2.64. The second kappa shape index (κ2) is 6.27. The Hall–Kier alpha value is -2.21. The van der Waals surface area contributed by atoms with Gasteiger partial charge < -0.3 is 10.1 Å². The lowest BCUT2D eigenvalue weighted by Gasteiger charge is -2.11. The topological polar surface area (TPSA) is 68.3 Å². The minimum absolute atomic E-state index is 0.315. The number of aryl methyl sites for hydroxylation is 1. The number of esters is 1. The Morgan fingerprint density at radius 1 is 1.27 bits per heavy atom. The van der Waals surface area contributed by atoms with E-state index >= 15 is 0 Å². The molecule has 1 aliphatic carbocycles. The fourth-order valence-corrected chi connectivity index (χ4v) is 3.91. The number of rotatable bonds is 3. The number of aromatic nitrogens is 1. The summed E-state index contributed by atoms with van der Waals surface area (Å²) in [6.45, 7) is 0. The van der Waals surface area contributed by atoms with Crippen LogP contribution in [0.3, 0.4) is 0 Å². The first-order valence-electron chi connectivity index (χ1n) is 7.16. The highest BCUT2D eigenvalue weighted by Crippen LogP contribution is 2.38. The summed E-state index contributed by atoms with van der Waals surface area (Å²) in [5.74, 6) is -0.708. The van der Waals surface area contributed by atoms with Crippen LogP contribution in [0.15, 0.2) is 24.4 Å². The zero-order chi connectivity index (χ0) is 15.5. The smallest absolute Gasteiger partial charge is 0.341 e. The number of pyridine rings is 1. The van der Waals surface area contributed by atoms with Crippen LogP contribution in [-0.4, -0.2) is 24.0 Å². The van der Waals surface area contributed by atoms with Crippen molar-refractivity contribution in [3.8, 4) is 0 Å². The highest BCUT2D eigenvalue weighted by molar-refractivity contribution is 7.17. The molecule has 1 amide bonds. The van der Waals surface area contributed by atoms with Crippen LogP contribution < -0.4 is 5.32 Å². The number of hydrogen-bond donors (Lipinski definition) is 1. The second-order valence-corrected chi connectivity index (χ2v) is 6.18. The van der Waals surface area contributed by atoms with Crippen LogP contribution in [0.5, 0.6) is 0 Å². The molecule has 0 unspecified atom stereocenters. The average molecular weight is 316 g/mol. The lowest BCUT2D eigenvalue weighted by atomic mass is 9.95. The molecule has 0 atom stereocenters. The molecule has 5 nitrogen and oxygen atoms in total. The maximum absolute atomic E-state index is 12.3. The molecule has 1 N–H and O–H groups in total. The molecule has 22 heavy (non-hydrogen) atoms. The van der Waals surface area contributed by atoms with Crippen molar-refractivity contribution in [1.82, 2.24) is 4.98 Å². The van der Waals surface area contributed by atoms with Crippen LogP contribution in [-0.2, 0) is 17.6 Å². The third-order valence-corrected chi connectivity index (χ3v) is 4.89. The number of carbonyl (C=O) groups excluding carboxylic acids is 2. The summed E-state index contributed by atoms with van der Waals surface area (Å²) in [5, 5.41) is 3.38. The zero-order valence-electron chi connectivity index (χ0n) is 12.2. The van der Waals surface area contributed by atoms with Crippen LogP contribution in [0, 0.1) is 0 Å². The molecule has 2 aromatic heterocycles. The number of nitrogens with one attached hydrogen (secondary N) is 1. The molecular weight excluding hydrogens is 300 g/mol. The van der Waals surface area contributed by atoms with Gasteiger partial charge in [-0.25, -0.2) is 4.79 Å². The van der Waals surface area contributed by atoms with Gasteiger partial charge in [0.1, 0.15) is 10.7 Å². The first kappa shape index (κ1) is 14.7. The van der Waals surface area contributed by atoms with E-state index in [-0.39, 0.29) is 5.91 Å². The summed E-state index contributed by atoms with van der Waals surface area (Å²) >= 11 is 1.47. The molecule has 0 bridgehead atoms. The normalized spacial score (nSPS) is 13.3. The number of methoxy groups -OCH3 is 1. The quantitative estimate of drug-likeness (QED) is 0.884. The van der Waals surface area contributed by atoms with Gasteiger partial charge in [0.15, 0.2) is 0 Å². The highest BCUT2D eigenvalue weighted by atomic mass is 32.1. The van der Waals surface area contributed by atoms with Crippen molar-refractivity contribution >= 4 is 28.2 Å². The Bertz CT molecular complexity index is 710. The van der Waals surface area contributed by atoms with Crippen LogP contribution in [0.4, 0.5) is 5.00 Å². The van der Waals surface area contributed by atoms with Gasteiger partial charge in [0.25, 0.3) is 5.91 Å². The van der Waals surface area contributed by atoms with Crippen molar-refractivity contribution in [1.29, 1.82) is 0 Å². The predicted molar refractivity (Wildman–Crippen MR) is 84.5 cm³/mol. The summed E-state index contributed by atoms with van der Waals surface area (Å²) in [5.41, 5.74) is 1.86. The number of fused-ring (bicyclic) bond motifs is 1. The summed E-state index contributed by atoms with van der Waals surface area (Å²) < 4.78 is 4.89. The zero-order valence-corrected chi connectivity index (χ0v) is 13.0. The Kier molecular flexibility index (Phi) is 4.20. The van der Waals surface area contributed by atoms with Crippen LogP contribution >= 0.6 is 11.3 Å². The first-order chi connectivity index (χ1) is 10.7. The molecule has 0 saturated heterocycles. The van der Waals surface area contributed by atoms with Crippen molar-refractivity contribution in [2.24, 2.45) is 0 Å². The lowest BCUT2D eigenvalue weighted by Crippen LogP contribution is -2.16. The maximum Gasteiger partial charge on any atom is 0.341 e. The van der Waals surface area contributed by atoms with Crippen molar-refractivity contribution in [3.63, 3.8) is 0 Å². The van der Waals surface area contributed by atoms with Gasteiger partial charge in [-0.15, -0.1) is 11.3 Å². The molecule has 0 aliphatic heterocycles. The SMILES string of the molecule is COC(=O)c1c(NC(=O)c2ccccn2)sc2c1CCCC2. The van der Waals surface area contributed by atoms with Gasteiger partial charge in [-0.05, 0) is 43.4 Å². The van der Waals surface area contributed by atoms with Crippen LogP contribution in [0.1, 0.15) is 44.1 Å². The number of carbonyl (C=O) groups is 2. The fraction of sp³-hybridized carbons (Fsp3) is 0.312. The van der Waals surface area contributed by atoms with E-state index in [9.17, 15) is 9.59 Å². The molecule has 2 aromatic rings. The number of thiophene rings is 1. The predicted octanol–water partition coefficient (Wildman–Crippen LogP) is 3.06. The van der Waals surface area contributed by atoms with Gasteiger partial charge in [-0.3, -0.25) is 9.78 Å². The minimum atomic E-state index is -0.393. The van der Waals surface area contributed by atoms with Crippen molar-refractivity contribution in [2.75, 3.05) is 12.4 Å². The molecule has 114 valence electrons. The highest BCUT2D eigenvalue weighted by Gasteiger charge is 2.27. The third-order valence-electron chi connectivity index (χ3n) is 3.69. The third kappa shape index (κ3) is 2.74. The number of hydrogen-bond acceptors (Lipinski definition) is 5. The molecular formula is C16H16N2O3S. The van der Waals surface area contributed by atoms with Crippen molar-refractivity contribution in [3.05, 3.63) is 46.1 Å². The monoisotopic (exact) mass is 316 g/mol. The van der Waals surface area contributed by atoms with Gasteiger partial charge in [-0.1, -0.05) is 6.07 Å². The van der Waals surface area contributed by atoms with E-state index in [1.807, 2.05) is 0 Å². The standard InChI is InChI=1S/C16H16N2O3S/c1-21-16(20)13-10-6-2-3-8-12(10)22-15(13)18-14(19)11-7-4-5-9-17-11/h4-5,7,9H,2-3,6,8H2,1H3,(H,18,19). The molecule has 0 saturated carbocycles. The Labute approximate surface area is 132 Å². The first-order valence-corrected chi connectivity index (χ1v) is 7.97. The van der Waals surface area contributed by atoms with Gasteiger partial charge >= 0.3 is 5.97 Å². The summed E-state index contributed by atoms with van der Waals surface area (Å²) in [6.07, 6.45) is 5.54. The molecule has 0 spiro atoms. The molecule has 0 aromatic carbocycles. The molecule has 0 fully saturated rings. The van der Waals surface area contributed by atoms with E-state index in [4.69, 9.17) is 4.74 Å². The number of amides is 1. The summed E-state index contributed by atoms with van der Waals surface area (Å²) in [4.78, 5) is 29.6. The van der Waals surface area contributed by atoms with Gasteiger partial charge in [0.2, 0.25) is 0 Å². The van der Waals surface area contributed by atoms with Crippen molar-refractivity contribution < 1.29 is 14.3 Å². The molecule has 3 rings (SSSR count). The maximum atomic E-state index is 12.3. The van der Waals surface area contributed by atoms with Crippen LogP contribution in [0.2, 0.25) is 0 Å². The van der Waals surface area contributed by atoms with E-state index in [0.29, 0.717) is 16.3 Å².